The van der Waals surface area contributed by atoms with Gasteiger partial charge in [0.1, 0.15) is 0 Å². The van der Waals surface area contributed by atoms with Crippen LogP contribution < -0.4 is 0 Å². The molecule has 1 saturated heterocycles. The molecule has 15 heavy (non-hydrogen) atoms. The summed E-state index contributed by atoms with van der Waals surface area (Å²) in [6, 6.07) is -0.0359. The summed E-state index contributed by atoms with van der Waals surface area (Å²) in [6.45, 7) is 0.757. The molecule has 1 amide bonds. The number of hydrogen-bond acceptors (Lipinski definition) is 2. The van der Waals surface area contributed by atoms with Crippen molar-refractivity contribution in [2.75, 3.05) is 6.54 Å². The van der Waals surface area contributed by atoms with E-state index in [2.05, 4.69) is 0 Å². The smallest absolute Gasteiger partial charge is 0.308 e. The summed E-state index contributed by atoms with van der Waals surface area (Å²) in [7, 11) is 0. The van der Waals surface area contributed by atoms with Crippen LogP contribution >= 0.6 is 0 Å². The number of carboxylic acids is 1. The highest BCUT2D eigenvalue weighted by Crippen LogP contribution is 2.31. The molecule has 1 saturated carbocycles. The number of hydrogen-bond donors (Lipinski definition) is 1. The van der Waals surface area contributed by atoms with Crippen molar-refractivity contribution in [1.29, 1.82) is 0 Å². The van der Waals surface area contributed by atoms with Gasteiger partial charge >= 0.3 is 5.97 Å². The van der Waals surface area contributed by atoms with E-state index in [4.69, 9.17) is 5.11 Å². The molecule has 2 rings (SSSR count). The zero-order valence-corrected chi connectivity index (χ0v) is 8.82. The molecule has 84 valence electrons. The lowest BCUT2D eigenvalue weighted by Gasteiger charge is -2.35. The van der Waals surface area contributed by atoms with E-state index in [1.807, 2.05) is 0 Å². The fraction of sp³-hybridized carbons (Fsp3) is 0.818. The van der Waals surface area contributed by atoms with Gasteiger partial charge < -0.3 is 10.0 Å². The van der Waals surface area contributed by atoms with Crippen LogP contribution in [0.15, 0.2) is 0 Å². The largest absolute Gasteiger partial charge is 0.481 e. The molecule has 1 heterocycles. The molecule has 0 bridgehead atoms. The minimum atomic E-state index is -0.737. The Morgan fingerprint density at radius 1 is 1.27 bits per heavy atom. The summed E-state index contributed by atoms with van der Waals surface area (Å²) >= 11 is 0. The molecule has 0 spiro atoms. The van der Waals surface area contributed by atoms with Crippen LogP contribution in [0.1, 0.15) is 38.5 Å². The van der Waals surface area contributed by atoms with Gasteiger partial charge in [0, 0.05) is 19.0 Å². The first-order valence-electron chi connectivity index (χ1n) is 5.72. The van der Waals surface area contributed by atoms with Crippen LogP contribution in [-0.2, 0) is 9.59 Å². The summed E-state index contributed by atoms with van der Waals surface area (Å²) in [6.07, 6.45) is 5.12. The van der Waals surface area contributed by atoms with Gasteiger partial charge in [0.2, 0.25) is 5.91 Å². The molecule has 1 aliphatic carbocycles. The normalized spacial score (nSPS) is 32.0. The average molecular weight is 211 g/mol. The molecule has 0 radical (unpaired) electrons. The number of carbonyl (C=O) groups excluding carboxylic acids is 1. The van der Waals surface area contributed by atoms with E-state index in [9.17, 15) is 9.59 Å². The van der Waals surface area contributed by atoms with E-state index >= 15 is 0 Å². The first kappa shape index (κ1) is 10.5. The predicted molar refractivity (Wildman–Crippen MR) is 54.3 cm³/mol. The third-order valence-electron chi connectivity index (χ3n) is 3.56. The topological polar surface area (TPSA) is 57.6 Å². The van der Waals surface area contributed by atoms with Crippen molar-refractivity contribution in [3.05, 3.63) is 0 Å². The maximum absolute atomic E-state index is 11.6. The van der Waals surface area contributed by atoms with Crippen molar-refractivity contribution in [1.82, 2.24) is 4.90 Å². The molecule has 4 nitrogen and oxygen atoms in total. The zero-order valence-electron chi connectivity index (χ0n) is 8.82. The van der Waals surface area contributed by atoms with Gasteiger partial charge in [-0.15, -0.1) is 0 Å². The lowest BCUT2D eigenvalue weighted by Crippen LogP contribution is -2.45. The van der Waals surface area contributed by atoms with E-state index < -0.39 is 5.97 Å². The van der Waals surface area contributed by atoms with Crippen LogP contribution in [0.3, 0.4) is 0 Å². The number of nitrogens with zero attached hydrogens (tertiary/aromatic N) is 1. The van der Waals surface area contributed by atoms with Crippen LogP contribution in [0.4, 0.5) is 0 Å². The SMILES string of the molecule is O=C(O)[C@@H]1CCCC[C@H]1N1CCCC1=O. The Labute approximate surface area is 89.3 Å². The van der Waals surface area contributed by atoms with Gasteiger partial charge in [0.25, 0.3) is 0 Å². The summed E-state index contributed by atoms with van der Waals surface area (Å²) in [4.78, 5) is 24.5. The van der Waals surface area contributed by atoms with Crippen LogP contribution in [0.2, 0.25) is 0 Å². The minimum absolute atomic E-state index is 0.0359. The number of aliphatic carboxylic acids is 1. The summed E-state index contributed by atoms with van der Waals surface area (Å²) in [5.74, 6) is -0.923. The molecular weight excluding hydrogens is 194 g/mol. The molecule has 0 aromatic carbocycles. The van der Waals surface area contributed by atoms with E-state index in [0.29, 0.717) is 6.42 Å². The predicted octanol–water partition coefficient (Wildman–Crippen LogP) is 1.25. The first-order chi connectivity index (χ1) is 7.20. The van der Waals surface area contributed by atoms with Crippen molar-refractivity contribution in [3.8, 4) is 0 Å². The summed E-state index contributed by atoms with van der Waals surface area (Å²) in [5, 5.41) is 9.12. The van der Waals surface area contributed by atoms with Gasteiger partial charge in [-0.1, -0.05) is 12.8 Å². The highest BCUT2D eigenvalue weighted by molar-refractivity contribution is 5.80. The van der Waals surface area contributed by atoms with Crippen LogP contribution in [-0.4, -0.2) is 34.5 Å². The molecule has 1 N–H and O–H groups in total. The number of likely N-dealkylation sites (tertiary alicyclic amines) is 1. The van der Waals surface area contributed by atoms with Crippen LogP contribution in [0, 0.1) is 5.92 Å². The van der Waals surface area contributed by atoms with Crippen molar-refractivity contribution in [2.24, 2.45) is 5.92 Å². The molecule has 0 aromatic heterocycles. The third-order valence-corrected chi connectivity index (χ3v) is 3.56. The van der Waals surface area contributed by atoms with Gasteiger partial charge in [0.05, 0.1) is 5.92 Å². The zero-order chi connectivity index (χ0) is 10.8. The summed E-state index contributed by atoms with van der Waals surface area (Å²) in [5.41, 5.74) is 0. The Kier molecular flexibility index (Phi) is 2.93. The molecule has 0 aromatic rings. The van der Waals surface area contributed by atoms with Gasteiger partial charge in [-0.3, -0.25) is 9.59 Å². The standard InChI is InChI=1S/C11H17NO3/c13-10-6-3-7-12(10)9-5-2-1-4-8(9)11(14)15/h8-9H,1-7H2,(H,14,15)/t8-,9-/m1/s1. The summed E-state index contributed by atoms with van der Waals surface area (Å²) < 4.78 is 0. The number of rotatable bonds is 2. The minimum Gasteiger partial charge on any atom is -0.481 e. The molecule has 2 atom stereocenters. The van der Waals surface area contributed by atoms with Gasteiger partial charge in [-0.2, -0.15) is 0 Å². The number of carboxylic acid groups (broad SMARTS) is 1. The molecule has 4 heteroatoms. The van der Waals surface area contributed by atoms with Crippen molar-refractivity contribution in [2.45, 2.75) is 44.6 Å². The van der Waals surface area contributed by atoms with Gasteiger partial charge in [0.15, 0.2) is 0 Å². The fourth-order valence-corrected chi connectivity index (χ4v) is 2.79. The monoisotopic (exact) mass is 211 g/mol. The molecule has 0 unspecified atom stereocenters. The van der Waals surface area contributed by atoms with Gasteiger partial charge in [-0.25, -0.2) is 0 Å². The van der Waals surface area contributed by atoms with Gasteiger partial charge in [-0.05, 0) is 19.3 Å². The number of amides is 1. The van der Waals surface area contributed by atoms with E-state index in [1.165, 1.54) is 0 Å². The maximum Gasteiger partial charge on any atom is 0.308 e. The second kappa shape index (κ2) is 4.21. The van der Waals surface area contributed by atoms with Crippen LogP contribution in [0.5, 0.6) is 0 Å². The Bertz CT molecular complexity index is 275. The van der Waals surface area contributed by atoms with Crippen LogP contribution in [0.25, 0.3) is 0 Å². The van der Waals surface area contributed by atoms with Crippen molar-refractivity contribution < 1.29 is 14.7 Å². The lowest BCUT2D eigenvalue weighted by molar-refractivity contribution is -0.147. The van der Waals surface area contributed by atoms with Crippen molar-refractivity contribution >= 4 is 11.9 Å². The molecule has 2 fully saturated rings. The fourth-order valence-electron chi connectivity index (χ4n) is 2.79. The number of carbonyl (C=O) groups is 2. The van der Waals surface area contributed by atoms with E-state index in [0.717, 1.165) is 38.6 Å². The third kappa shape index (κ3) is 1.98. The Balaban J connectivity index is 2.10. The first-order valence-corrected chi connectivity index (χ1v) is 5.72. The van der Waals surface area contributed by atoms with Crippen molar-refractivity contribution in [3.63, 3.8) is 0 Å². The maximum atomic E-state index is 11.6. The van der Waals surface area contributed by atoms with E-state index in [-0.39, 0.29) is 17.9 Å². The highest BCUT2D eigenvalue weighted by atomic mass is 16.4. The molecule has 1 aliphatic heterocycles. The second-order valence-corrected chi connectivity index (χ2v) is 4.49. The Morgan fingerprint density at radius 3 is 2.60 bits per heavy atom. The highest BCUT2D eigenvalue weighted by Gasteiger charge is 2.38. The molecule has 2 aliphatic rings. The van der Waals surface area contributed by atoms with E-state index in [1.54, 1.807) is 4.90 Å². The quantitative estimate of drug-likeness (QED) is 0.748. The average Bonchev–Trinajstić information content (AvgIpc) is 2.64. The lowest BCUT2D eigenvalue weighted by atomic mass is 9.83. The Hall–Kier alpha value is -1.06. The Morgan fingerprint density at radius 2 is 2.00 bits per heavy atom. The second-order valence-electron chi connectivity index (χ2n) is 4.49. The molecular formula is C11H17NO3.